The largest absolute Gasteiger partial charge is 0.550 e. The Hall–Kier alpha value is -1.32. The third-order valence-corrected chi connectivity index (χ3v) is 1.40. The highest BCUT2D eigenvalue weighted by Crippen LogP contribution is 1.86. The third-order valence-electron chi connectivity index (χ3n) is 1.40. The Kier molecular flexibility index (Phi) is 2.25. The van der Waals surface area contributed by atoms with E-state index in [0.717, 1.165) is 0 Å². The average Bonchev–Trinajstić information content (AvgIpc) is 2.31. The molecule has 1 aromatic heterocycles. The molecule has 0 aliphatic rings. The Labute approximate surface area is 64.7 Å². The predicted molar refractivity (Wildman–Crippen MR) is 35.2 cm³/mol. The number of hydrogen-bond acceptors (Lipinski definition) is 2. The lowest BCUT2D eigenvalue weighted by atomic mass is 10.4. The molecule has 0 aliphatic carbocycles. The first-order valence-corrected chi connectivity index (χ1v) is 3.39. The monoisotopic (exact) mass is 154 g/mol. The summed E-state index contributed by atoms with van der Waals surface area (Å²) in [6.07, 6.45) is 5.57. The van der Waals surface area contributed by atoms with Gasteiger partial charge < -0.3 is 9.90 Å². The number of imidazole rings is 1. The lowest BCUT2D eigenvalue weighted by Crippen LogP contribution is -2.25. The van der Waals surface area contributed by atoms with Crippen LogP contribution in [0.1, 0.15) is 6.42 Å². The van der Waals surface area contributed by atoms with E-state index >= 15 is 0 Å². The van der Waals surface area contributed by atoms with Crippen LogP contribution in [0.4, 0.5) is 0 Å². The van der Waals surface area contributed by atoms with E-state index in [0.29, 0.717) is 6.54 Å². The molecule has 0 amide bonds. The molecule has 0 aromatic carbocycles. The second-order valence-corrected chi connectivity index (χ2v) is 2.44. The highest BCUT2D eigenvalue weighted by molar-refractivity contribution is 5.63. The van der Waals surface area contributed by atoms with E-state index in [1.54, 1.807) is 4.57 Å². The van der Waals surface area contributed by atoms with Crippen LogP contribution >= 0.6 is 0 Å². The van der Waals surface area contributed by atoms with Crippen molar-refractivity contribution in [3.8, 4) is 0 Å². The number of rotatable bonds is 3. The minimum absolute atomic E-state index is 0.0642. The number of hydrogen-bond donors (Lipinski definition) is 0. The zero-order valence-electron chi connectivity index (χ0n) is 6.36. The molecular formula is C7H10N2O2. The van der Waals surface area contributed by atoms with Gasteiger partial charge in [-0.1, -0.05) is 0 Å². The zero-order valence-corrected chi connectivity index (χ0v) is 6.36. The van der Waals surface area contributed by atoms with Crippen LogP contribution in [0, 0.1) is 0 Å². The topological polar surface area (TPSA) is 48.9 Å². The molecule has 0 saturated heterocycles. The number of nitrogens with zero attached hydrogens (tertiary/aromatic N) is 2. The van der Waals surface area contributed by atoms with Gasteiger partial charge in [-0.3, -0.25) is 0 Å². The van der Waals surface area contributed by atoms with E-state index in [4.69, 9.17) is 0 Å². The summed E-state index contributed by atoms with van der Waals surface area (Å²) in [6, 6.07) is 0. The van der Waals surface area contributed by atoms with Crippen LogP contribution in [0.5, 0.6) is 0 Å². The molecule has 0 atom stereocenters. The molecule has 0 radical (unpaired) electrons. The molecular weight excluding hydrogens is 144 g/mol. The van der Waals surface area contributed by atoms with Gasteiger partial charge in [0.25, 0.3) is 0 Å². The lowest BCUT2D eigenvalue weighted by molar-refractivity contribution is -0.671. The Bertz CT molecular complexity index is 255. The fraction of sp³-hybridized carbons (Fsp3) is 0.429. The molecule has 4 heteroatoms. The summed E-state index contributed by atoms with van der Waals surface area (Å²) in [5.41, 5.74) is 0. The normalized spacial score (nSPS) is 9.91. The quantitative estimate of drug-likeness (QED) is 0.495. The van der Waals surface area contributed by atoms with Crippen molar-refractivity contribution in [2.24, 2.45) is 7.05 Å². The molecule has 1 aromatic rings. The first kappa shape index (κ1) is 7.78. The second-order valence-electron chi connectivity index (χ2n) is 2.44. The van der Waals surface area contributed by atoms with Gasteiger partial charge >= 0.3 is 0 Å². The molecule has 0 fully saturated rings. The Morgan fingerprint density at radius 2 is 2.45 bits per heavy atom. The van der Waals surface area contributed by atoms with Crippen LogP contribution in [0.25, 0.3) is 0 Å². The maximum Gasteiger partial charge on any atom is 0.243 e. The Balaban J connectivity index is 2.45. The van der Waals surface area contributed by atoms with Crippen molar-refractivity contribution in [1.82, 2.24) is 4.57 Å². The number of aryl methyl sites for hydroxylation is 2. The molecule has 0 aliphatic heterocycles. The predicted octanol–water partition coefficient (Wildman–Crippen LogP) is -1.55. The Morgan fingerprint density at radius 3 is 2.91 bits per heavy atom. The van der Waals surface area contributed by atoms with Crippen molar-refractivity contribution < 1.29 is 14.5 Å². The first-order chi connectivity index (χ1) is 5.18. The maximum absolute atomic E-state index is 10.0. The van der Waals surface area contributed by atoms with E-state index in [-0.39, 0.29) is 6.42 Å². The molecule has 0 saturated carbocycles. The highest BCUT2D eigenvalue weighted by Gasteiger charge is 1.98. The number of carboxylic acid groups (broad SMARTS) is 1. The standard InChI is InChI=1S/C7H10N2O2/c1-8-4-5-9(6-8)3-2-7(10)11/h4-6H,2-3H2,1H3. The number of aromatic nitrogens is 2. The van der Waals surface area contributed by atoms with Gasteiger partial charge in [0, 0.05) is 12.4 Å². The van der Waals surface area contributed by atoms with E-state index < -0.39 is 5.97 Å². The van der Waals surface area contributed by atoms with E-state index in [1.807, 2.05) is 30.3 Å². The van der Waals surface area contributed by atoms with Crippen molar-refractivity contribution in [3.05, 3.63) is 18.7 Å². The summed E-state index contributed by atoms with van der Waals surface area (Å²) < 4.78 is 3.66. The summed E-state index contributed by atoms with van der Waals surface area (Å²) >= 11 is 0. The van der Waals surface area contributed by atoms with Crippen LogP contribution in [0.15, 0.2) is 18.7 Å². The van der Waals surface area contributed by atoms with Crippen LogP contribution in [-0.4, -0.2) is 10.5 Å². The first-order valence-electron chi connectivity index (χ1n) is 3.39. The van der Waals surface area contributed by atoms with E-state index in [1.165, 1.54) is 0 Å². The number of carbonyl (C=O) groups excluding carboxylic acids is 1. The van der Waals surface area contributed by atoms with Gasteiger partial charge in [-0.25, -0.2) is 9.13 Å². The molecule has 60 valence electrons. The molecule has 0 unspecified atom stereocenters. The van der Waals surface area contributed by atoms with Crippen LogP contribution in [-0.2, 0) is 18.4 Å². The minimum atomic E-state index is -1.01. The number of carbonyl (C=O) groups is 1. The Morgan fingerprint density at radius 1 is 1.73 bits per heavy atom. The molecule has 11 heavy (non-hydrogen) atoms. The van der Waals surface area contributed by atoms with Gasteiger partial charge in [-0.15, -0.1) is 0 Å². The number of carboxylic acids is 1. The molecule has 0 spiro atoms. The SMILES string of the molecule is C[n+]1ccn(CCC(=O)[O-])c1. The van der Waals surface area contributed by atoms with Gasteiger partial charge in [0.15, 0.2) is 0 Å². The van der Waals surface area contributed by atoms with Crippen LogP contribution in [0.2, 0.25) is 0 Å². The van der Waals surface area contributed by atoms with Gasteiger partial charge in [0.2, 0.25) is 6.33 Å². The van der Waals surface area contributed by atoms with E-state index in [9.17, 15) is 9.90 Å². The summed E-state index contributed by atoms with van der Waals surface area (Å²) in [7, 11) is 1.88. The molecule has 4 nitrogen and oxygen atoms in total. The molecule has 0 bridgehead atoms. The van der Waals surface area contributed by atoms with E-state index in [2.05, 4.69) is 0 Å². The van der Waals surface area contributed by atoms with Crippen molar-refractivity contribution in [2.75, 3.05) is 0 Å². The number of aliphatic carboxylic acids is 1. The highest BCUT2D eigenvalue weighted by atomic mass is 16.4. The lowest BCUT2D eigenvalue weighted by Gasteiger charge is -1.96. The van der Waals surface area contributed by atoms with Crippen molar-refractivity contribution >= 4 is 5.97 Å². The van der Waals surface area contributed by atoms with Crippen molar-refractivity contribution in [1.29, 1.82) is 0 Å². The van der Waals surface area contributed by atoms with Crippen molar-refractivity contribution in [3.63, 3.8) is 0 Å². The fourth-order valence-electron chi connectivity index (χ4n) is 0.854. The smallest absolute Gasteiger partial charge is 0.243 e. The van der Waals surface area contributed by atoms with Gasteiger partial charge in [-0.2, -0.15) is 0 Å². The van der Waals surface area contributed by atoms with Crippen LogP contribution in [0.3, 0.4) is 0 Å². The van der Waals surface area contributed by atoms with Gasteiger partial charge in [0.05, 0.1) is 13.6 Å². The van der Waals surface area contributed by atoms with Gasteiger partial charge in [-0.05, 0) is 0 Å². The summed E-state index contributed by atoms with van der Waals surface area (Å²) in [4.78, 5) is 10.0. The van der Waals surface area contributed by atoms with Gasteiger partial charge in [0.1, 0.15) is 12.4 Å². The molecule has 1 rings (SSSR count). The zero-order chi connectivity index (χ0) is 8.27. The third kappa shape index (κ3) is 2.41. The molecule has 1 heterocycles. The minimum Gasteiger partial charge on any atom is -0.550 e. The fourth-order valence-corrected chi connectivity index (χ4v) is 0.854. The maximum atomic E-state index is 10.0. The van der Waals surface area contributed by atoms with Crippen LogP contribution < -0.4 is 9.67 Å². The average molecular weight is 154 g/mol. The summed E-state index contributed by atoms with van der Waals surface area (Å²) in [5, 5.41) is 10.0. The second kappa shape index (κ2) is 3.18. The summed E-state index contributed by atoms with van der Waals surface area (Å²) in [6.45, 7) is 0.475. The summed E-state index contributed by atoms with van der Waals surface area (Å²) in [5.74, 6) is -1.01. The molecule has 0 N–H and O–H groups in total. The van der Waals surface area contributed by atoms with Crippen molar-refractivity contribution in [2.45, 2.75) is 13.0 Å².